The summed E-state index contributed by atoms with van der Waals surface area (Å²) < 4.78 is 18.9. The SMILES string of the molecule is Cc1ccc(C(=O)N2CCNCC2c2cccc(F)c2)o1.Cl. The Kier molecular flexibility index (Phi) is 5.21. The van der Waals surface area contributed by atoms with Gasteiger partial charge in [-0.2, -0.15) is 0 Å². The molecule has 1 aromatic carbocycles. The molecule has 1 aliphatic heterocycles. The van der Waals surface area contributed by atoms with Crippen molar-refractivity contribution in [1.29, 1.82) is 0 Å². The molecule has 1 unspecified atom stereocenters. The average Bonchev–Trinajstić information content (AvgIpc) is 2.93. The first-order chi connectivity index (χ1) is 10.1. The fourth-order valence-corrected chi connectivity index (χ4v) is 2.65. The average molecular weight is 325 g/mol. The number of nitrogens with zero attached hydrogens (tertiary/aromatic N) is 1. The molecule has 2 heterocycles. The third kappa shape index (κ3) is 3.31. The van der Waals surface area contributed by atoms with Crippen molar-refractivity contribution in [3.8, 4) is 0 Å². The van der Waals surface area contributed by atoms with E-state index in [9.17, 15) is 9.18 Å². The highest BCUT2D eigenvalue weighted by molar-refractivity contribution is 5.92. The number of hydrogen-bond donors (Lipinski definition) is 1. The number of carbonyl (C=O) groups is 1. The molecule has 1 fully saturated rings. The minimum absolute atomic E-state index is 0. The van der Waals surface area contributed by atoms with Gasteiger partial charge in [-0.25, -0.2) is 4.39 Å². The Labute approximate surface area is 134 Å². The van der Waals surface area contributed by atoms with Crippen LogP contribution in [-0.2, 0) is 0 Å². The lowest BCUT2D eigenvalue weighted by molar-refractivity contribution is 0.0600. The molecular weight excluding hydrogens is 307 g/mol. The summed E-state index contributed by atoms with van der Waals surface area (Å²) >= 11 is 0. The van der Waals surface area contributed by atoms with Gasteiger partial charge in [-0.1, -0.05) is 12.1 Å². The zero-order chi connectivity index (χ0) is 14.8. The van der Waals surface area contributed by atoms with Gasteiger partial charge in [0.2, 0.25) is 0 Å². The monoisotopic (exact) mass is 324 g/mol. The van der Waals surface area contributed by atoms with Crippen LogP contribution in [0, 0.1) is 12.7 Å². The van der Waals surface area contributed by atoms with Crippen molar-refractivity contribution in [3.63, 3.8) is 0 Å². The van der Waals surface area contributed by atoms with Gasteiger partial charge in [-0.15, -0.1) is 12.4 Å². The summed E-state index contributed by atoms with van der Waals surface area (Å²) in [6.45, 7) is 3.70. The van der Waals surface area contributed by atoms with Crippen molar-refractivity contribution in [2.45, 2.75) is 13.0 Å². The van der Waals surface area contributed by atoms with Gasteiger partial charge in [0, 0.05) is 19.6 Å². The Balaban J connectivity index is 0.00000176. The van der Waals surface area contributed by atoms with E-state index in [0.717, 1.165) is 12.1 Å². The summed E-state index contributed by atoms with van der Waals surface area (Å²) in [7, 11) is 0. The number of amides is 1. The van der Waals surface area contributed by atoms with Crippen LogP contribution in [0.4, 0.5) is 4.39 Å². The van der Waals surface area contributed by atoms with E-state index in [2.05, 4.69) is 5.32 Å². The molecule has 1 saturated heterocycles. The zero-order valence-electron chi connectivity index (χ0n) is 12.2. The lowest BCUT2D eigenvalue weighted by Gasteiger charge is -2.36. The van der Waals surface area contributed by atoms with Gasteiger partial charge in [-0.05, 0) is 36.8 Å². The summed E-state index contributed by atoms with van der Waals surface area (Å²) in [5.41, 5.74) is 0.791. The third-order valence-electron chi connectivity index (χ3n) is 3.69. The fraction of sp³-hybridized carbons (Fsp3) is 0.312. The topological polar surface area (TPSA) is 45.5 Å². The molecule has 2 aromatic rings. The molecule has 118 valence electrons. The van der Waals surface area contributed by atoms with Gasteiger partial charge >= 0.3 is 0 Å². The Morgan fingerprint density at radius 1 is 1.36 bits per heavy atom. The van der Waals surface area contributed by atoms with Gasteiger partial charge in [0.05, 0.1) is 6.04 Å². The molecule has 6 heteroatoms. The lowest BCUT2D eigenvalue weighted by atomic mass is 10.0. The summed E-state index contributed by atoms with van der Waals surface area (Å²) in [5.74, 6) is 0.588. The summed E-state index contributed by atoms with van der Waals surface area (Å²) in [6.07, 6.45) is 0. The van der Waals surface area contributed by atoms with Crippen LogP contribution in [0.2, 0.25) is 0 Å². The van der Waals surface area contributed by atoms with Crippen molar-refractivity contribution in [2.24, 2.45) is 0 Å². The van der Waals surface area contributed by atoms with Gasteiger partial charge in [0.1, 0.15) is 11.6 Å². The van der Waals surface area contributed by atoms with E-state index in [1.54, 1.807) is 30.0 Å². The molecule has 22 heavy (non-hydrogen) atoms. The standard InChI is InChI=1S/C16H17FN2O2.ClH/c1-11-5-6-15(21-11)16(20)19-8-7-18-10-14(19)12-3-2-4-13(17)9-12;/h2-6,9,14,18H,7-8,10H2,1H3;1H. The molecule has 3 rings (SSSR count). The number of halogens is 2. The second kappa shape index (κ2) is 6.94. The number of nitrogens with one attached hydrogen (secondary N) is 1. The van der Waals surface area contributed by atoms with E-state index in [1.165, 1.54) is 12.1 Å². The van der Waals surface area contributed by atoms with Crippen LogP contribution in [0.5, 0.6) is 0 Å². The Bertz CT molecular complexity index is 659. The highest BCUT2D eigenvalue weighted by atomic mass is 35.5. The number of piperazine rings is 1. The third-order valence-corrected chi connectivity index (χ3v) is 3.69. The van der Waals surface area contributed by atoms with Crippen molar-refractivity contribution >= 4 is 18.3 Å². The van der Waals surface area contributed by atoms with E-state index in [-0.39, 0.29) is 30.2 Å². The maximum absolute atomic E-state index is 13.4. The quantitative estimate of drug-likeness (QED) is 0.924. The van der Waals surface area contributed by atoms with Crippen LogP contribution < -0.4 is 5.32 Å². The zero-order valence-corrected chi connectivity index (χ0v) is 13.0. The van der Waals surface area contributed by atoms with E-state index >= 15 is 0 Å². The van der Waals surface area contributed by atoms with Crippen LogP contribution >= 0.6 is 12.4 Å². The fourth-order valence-electron chi connectivity index (χ4n) is 2.65. The summed E-state index contributed by atoms with van der Waals surface area (Å²) in [4.78, 5) is 14.3. The predicted octanol–water partition coefficient (Wildman–Crippen LogP) is 2.94. The van der Waals surface area contributed by atoms with Crippen LogP contribution in [0.3, 0.4) is 0 Å². The first kappa shape index (κ1) is 16.5. The Morgan fingerprint density at radius 3 is 2.86 bits per heavy atom. The second-order valence-electron chi connectivity index (χ2n) is 5.18. The molecule has 1 atom stereocenters. The van der Waals surface area contributed by atoms with Crippen LogP contribution in [0.25, 0.3) is 0 Å². The highest BCUT2D eigenvalue weighted by Crippen LogP contribution is 2.25. The number of furan rings is 1. The number of carbonyl (C=O) groups excluding carboxylic acids is 1. The first-order valence-corrected chi connectivity index (χ1v) is 6.99. The number of rotatable bonds is 2. The molecule has 0 saturated carbocycles. The van der Waals surface area contributed by atoms with E-state index in [0.29, 0.717) is 24.6 Å². The van der Waals surface area contributed by atoms with Crippen molar-refractivity contribution in [3.05, 3.63) is 59.3 Å². The predicted molar refractivity (Wildman–Crippen MR) is 83.7 cm³/mol. The van der Waals surface area contributed by atoms with Gasteiger partial charge in [0.15, 0.2) is 5.76 Å². The minimum Gasteiger partial charge on any atom is -0.456 e. The smallest absolute Gasteiger partial charge is 0.290 e. The molecule has 0 spiro atoms. The molecule has 1 amide bonds. The van der Waals surface area contributed by atoms with Crippen molar-refractivity contribution in [1.82, 2.24) is 10.2 Å². The molecule has 1 aliphatic rings. The minimum atomic E-state index is -0.292. The van der Waals surface area contributed by atoms with Crippen molar-refractivity contribution in [2.75, 3.05) is 19.6 Å². The van der Waals surface area contributed by atoms with Crippen LogP contribution in [-0.4, -0.2) is 30.4 Å². The Hall–Kier alpha value is -1.85. The van der Waals surface area contributed by atoms with E-state index < -0.39 is 0 Å². The van der Waals surface area contributed by atoms with Gasteiger partial charge in [-0.3, -0.25) is 4.79 Å². The second-order valence-corrected chi connectivity index (χ2v) is 5.18. The maximum atomic E-state index is 13.4. The number of aryl methyl sites for hydroxylation is 1. The Morgan fingerprint density at radius 2 is 2.18 bits per heavy atom. The molecule has 0 bridgehead atoms. The van der Waals surface area contributed by atoms with Gasteiger partial charge < -0.3 is 14.6 Å². The highest BCUT2D eigenvalue weighted by Gasteiger charge is 2.30. The lowest BCUT2D eigenvalue weighted by Crippen LogP contribution is -2.48. The molecule has 1 N–H and O–H groups in total. The normalized spacial score (nSPS) is 17.9. The van der Waals surface area contributed by atoms with Gasteiger partial charge in [0.25, 0.3) is 5.91 Å². The molecule has 1 aromatic heterocycles. The molecule has 0 aliphatic carbocycles. The first-order valence-electron chi connectivity index (χ1n) is 6.99. The summed E-state index contributed by atoms with van der Waals surface area (Å²) in [6, 6.07) is 9.66. The largest absolute Gasteiger partial charge is 0.456 e. The molecular formula is C16H18ClFN2O2. The number of hydrogen-bond acceptors (Lipinski definition) is 3. The molecule has 4 nitrogen and oxygen atoms in total. The number of benzene rings is 1. The van der Waals surface area contributed by atoms with E-state index in [1.807, 2.05) is 6.07 Å². The van der Waals surface area contributed by atoms with E-state index in [4.69, 9.17) is 4.42 Å². The van der Waals surface area contributed by atoms with Crippen LogP contribution in [0.1, 0.15) is 27.9 Å². The molecule has 0 radical (unpaired) electrons. The maximum Gasteiger partial charge on any atom is 0.290 e. The van der Waals surface area contributed by atoms with Crippen LogP contribution in [0.15, 0.2) is 40.8 Å². The summed E-state index contributed by atoms with van der Waals surface area (Å²) in [5, 5.41) is 3.25. The van der Waals surface area contributed by atoms with Crippen molar-refractivity contribution < 1.29 is 13.6 Å².